The lowest BCUT2D eigenvalue weighted by molar-refractivity contribution is 0.00273. The maximum absolute atomic E-state index is 12.5. The third kappa shape index (κ3) is 4.28. The van der Waals surface area contributed by atoms with Crippen molar-refractivity contribution in [1.82, 2.24) is 19.4 Å². The van der Waals surface area contributed by atoms with E-state index in [0.717, 1.165) is 57.3 Å². The van der Waals surface area contributed by atoms with Crippen LogP contribution in [-0.2, 0) is 6.54 Å². The molecule has 0 bridgehead atoms. The molecule has 144 valence electrons. The molecule has 2 aliphatic rings. The van der Waals surface area contributed by atoms with Crippen molar-refractivity contribution < 1.29 is 5.11 Å². The topological polar surface area (TPSA) is 71.2 Å². The fourth-order valence-electron chi connectivity index (χ4n) is 4.51. The Morgan fingerprint density at radius 1 is 1.07 bits per heavy atom. The van der Waals surface area contributed by atoms with E-state index >= 15 is 0 Å². The number of hydrogen-bond donors (Lipinski definition) is 1. The minimum Gasteiger partial charge on any atom is -0.391 e. The maximum atomic E-state index is 12.5. The van der Waals surface area contributed by atoms with Gasteiger partial charge in [-0.05, 0) is 56.8 Å². The Morgan fingerprint density at radius 3 is 2.52 bits per heavy atom. The standard InChI is InChI=1S/C21H28N4O2/c26-20-4-2-1-3-19(20)24-11-7-16(8-12-24)14-25-15-23-18(13-21(25)27)17-5-9-22-10-6-17/h5-6,9-10,13,15-16,19-20,26H,1-4,7-8,11-12,14H2. The van der Waals surface area contributed by atoms with Crippen molar-refractivity contribution >= 4 is 0 Å². The molecule has 1 saturated heterocycles. The summed E-state index contributed by atoms with van der Waals surface area (Å²) >= 11 is 0. The van der Waals surface area contributed by atoms with Crippen molar-refractivity contribution in [2.24, 2.45) is 5.92 Å². The van der Waals surface area contributed by atoms with Gasteiger partial charge < -0.3 is 5.11 Å². The van der Waals surface area contributed by atoms with Crippen LogP contribution in [0, 0.1) is 5.92 Å². The van der Waals surface area contributed by atoms with Gasteiger partial charge in [-0.2, -0.15) is 0 Å². The number of piperidine rings is 1. The van der Waals surface area contributed by atoms with Crippen molar-refractivity contribution in [1.29, 1.82) is 0 Å². The van der Waals surface area contributed by atoms with Gasteiger partial charge in [0.15, 0.2) is 0 Å². The Morgan fingerprint density at radius 2 is 1.81 bits per heavy atom. The second kappa shape index (κ2) is 8.31. The molecule has 1 aliphatic heterocycles. The zero-order valence-corrected chi connectivity index (χ0v) is 15.7. The smallest absolute Gasteiger partial charge is 0.253 e. The lowest BCUT2D eigenvalue weighted by atomic mass is 9.88. The highest BCUT2D eigenvalue weighted by molar-refractivity contribution is 5.57. The molecule has 1 N–H and O–H groups in total. The van der Waals surface area contributed by atoms with Crippen molar-refractivity contribution in [2.45, 2.75) is 57.2 Å². The van der Waals surface area contributed by atoms with Gasteiger partial charge in [0, 0.05) is 36.6 Å². The number of nitrogens with zero attached hydrogens (tertiary/aromatic N) is 4. The molecule has 1 aliphatic carbocycles. The number of aromatic nitrogens is 3. The molecule has 2 atom stereocenters. The van der Waals surface area contributed by atoms with Crippen LogP contribution >= 0.6 is 0 Å². The number of rotatable bonds is 4. The van der Waals surface area contributed by atoms with E-state index in [2.05, 4.69) is 14.9 Å². The molecule has 2 fully saturated rings. The molecule has 0 spiro atoms. The number of hydrogen-bond acceptors (Lipinski definition) is 5. The molecule has 3 heterocycles. The number of likely N-dealkylation sites (tertiary alicyclic amines) is 1. The minimum atomic E-state index is -0.164. The van der Waals surface area contributed by atoms with Gasteiger partial charge in [0.2, 0.25) is 0 Å². The van der Waals surface area contributed by atoms with Crippen molar-refractivity contribution in [2.75, 3.05) is 13.1 Å². The normalized spacial score (nSPS) is 24.8. The Hall–Kier alpha value is -2.05. The zero-order valence-electron chi connectivity index (χ0n) is 15.7. The van der Waals surface area contributed by atoms with Crippen LogP contribution in [0.1, 0.15) is 38.5 Å². The van der Waals surface area contributed by atoms with Gasteiger partial charge in [0.05, 0.1) is 18.1 Å². The van der Waals surface area contributed by atoms with E-state index in [1.807, 2.05) is 12.1 Å². The van der Waals surface area contributed by atoms with Crippen LogP contribution < -0.4 is 5.56 Å². The largest absolute Gasteiger partial charge is 0.391 e. The quantitative estimate of drug-likeness (QED) is 0.897. The van der Waals surface area contributed by atoms with Crippen LogP contribution in [0.2, 0.25) is 0 Å². The fourth-order valence-corrected chi connectivity index (χ4v) is 4.51. The van der Waals surface area contributed by atoms with Gasteiger partial charge in [-0.25, -0.2) is 4.98 Å². The molecule has 2 unspecified atom stereocenters. The first-order valence-corrected chi connectivity index (χ1v) is 10.1. The molecule has 0 aromatic carbocycles. The van der Waals surface area contributed by atoms with E-state index < -0.39 is 0 Å². The lowest BCUT2D eigenvalue weighted by Crippen LogP contribution is -2.49. The van der Waals surface area contributed by atoms with Crippen LogP contribution in [0.5, 0.6) is 0 Å². The first-order valence-electron chi connectivity index (χ1n) is 10.1. The summed E-state index contributed by atoms with van der Waals surface area (Å²) < 4.78 is 1.74. The van der Waals surface area contributed by atoms with Crippen molar-refractivity contribution in [3.05, 3.63) is 47.3 Å². The summed E-state index contributed by atoms with van der Waals surface area (Å²) in [6.07, 6.45) is 11.5. The second-order valence-electron chi connectivity index (χ2n) is 7.90. The van der Waals surface area contributed by atoms with Gasteiger partial charge in [-0.3, -0.25) is 19.2 Å². The van der Waals surface area contributed by atoms with Crippen molar-refractivity contribution in [3.63, 3.8) is 0 Å². The van der Waals surface area contributed by atoms with Crippen LogP contribution in [0.25, 0.3) is 11.3 Å². The van der Waals surface area contributed by atoms with Gasteiger partial charge in [0.25, 0.3) is 5.56 Å². The predicted molar refractivity (Wildman–Crippen MR) is 104 cm³/mol. The highest BCUT2D eigenvalue weighted by Gasteiger charge is 2.31. The molecule has 0 amide bonds. The fraction of sp³-hybridized carbons (Fsp3) is 0.571. The summed E-state index contributed by atoms with van der Waals surface area (Å²) in [5.74, 6) is 0.494. The Kier molecular flexibility index (Phi) is 5.64. The monoisotopic (exact) mass is 368 g/mol. The van der Waals surface area contributed by atoms with E-state index in [-0.39, 0.29) is 11.7 Å². The third-order valence-electron chi connectivity index (χ3n) is 6.12. The SMILES string of the molecule is O=c1cc(-c2ccncc2)ncn1CC1CCN(C2CCCCC2O)CC1. The van der Waals surface area contributed by atoms with E-state index in [0.29, 0.717) is 17.7 Å². The summed E-state index contributed by atoms with van der Waals surface area (Å²) in [4.78, 5) is 23.4. The van der Waals surface area contributed by atoms with Gasteiger partial charge in [-0.15, -0.1) is 0 Å². The third-order valence-corrected chi connectivity index (χ3v) is 6.12. The molecule has 0 radical (unpaired) electrons. The summed E-state index contributed by atoms with van der Waals surface area (Å²) in [5, 5.41) is 10.3. The van der Waals surface area contributed by atoms with Crippen molar-refractivity contribution in [3.8, 4) is 11.3 Å². The number of pyridine rings is 1. The zero-order chi connectivity index (χ0) is 18.6. The molecule has 2 aromatic heterocycles. The van der Waals surface area contributed by atoms with Crippen LogP contribution in [0.15, 0.2) is 41.7 Å². The van der Waals surface area contributed by atoms with Crippen LogP contribution in [0.4, 0.5) is 0 Å². The van der Waals surface area contributed by atoms with Crippen LogP contribution in [0.3, 0.4) is 0 Å². The van der Waals surface area contributed by atoms with Gasteiger partial charge >= 0.3 is 0 Å². The average Bonchev–Trinajstić information content (AvgIpc) is 2.71. The molecular weight excluding hydrogens is 340 g/mol. The summed E-state index contributed by atoms with van der Waals surface area (Å²) in [7, 11) is 0. The van der Waals surface area contributed by atoms with E-state index in [4.69, 9.17) is 0 Å². The summed E-state index contributed by atoms with van der Waals surface area (Å²) in [6, 6.07) is 5.68. The number of aliphatic hydroxyl groups is 1. The van der Waals surface area contributed by atoms with Crippen LogP contribution in [-0.4, -0.2) is 49.8 Å². The highest BCUT2D eigenvalue weighted by atomic mass is 16.3. The maximum Gasteiger partial charge on any atom is 0.253 e. The van der Waals surface area contributed by atoms with E-state index in [9.17, 15) is 9.90 Å². The first kappa shape index (κ1) is 18.3. The summed E-state index contributed by atoms with van der Waals surface area (Å²) in [5.41, 5.74) is 1.61. The predicted octanol–water partition coefficient (Wildman–Crippen LogP) is 2.32. The molecule has 1 saturated carbocycles. The molecule has 6 heteroatoms. The molecule has 6 nitrogen and oxygen atoms in total. The first-order chi connectivity index (χ1) is 13.2. The Labute approximate surface area is 159 Å². The Bertz CT molecular complexity index is 799. The highest BCUT2D eigenvalue weighted by Crippen LogP contribution is 2.28. The minimum absolute atomic E-state index is 0.00180. The Balaban J connectivity index is 1.36. The number of aliphatic hydroxyl groups excluding tert-OH is 1. The molecule has 4 rings (SSSR count). The molecule has 27 heavy (non-hydrogen) atoms. The average molecular weight is 368 g/mol. The molecule has 2 aromatic rings. The van der Waals surface area contributed by atoms with E-state index in [1.54, 1.807) is 29.4 Å². The lowest BCUT2D eigenvalue weighted by Gasteiger charge is -2.41. The second-order valence-corrected chi connectivity index (χ2v) is 7.90. The molecular formula is C21H28N4O2. The van der Waals surface area contributed by atoms with E-state index in [1.165, 1.54) is 6.42 Å². The van der Waals surface area contributed by atoms with Gasteiger partial charge in [0.1, 0.15) is 0 Å². The summed E-state index contributed by atoms with van der Waals surface area (Å²) in [6.45, 7) is 2.76. The van der Waals surface area contributed by atoms with Gasteiger partial charge in [-0.1, -0.05) is 12.8 Å².